The van der Waals surface area contributed by atoms with E-state index in [0.717, 1.165) is 11.3 Å². The molecule has 5 rings (SSSR count). The van der Waals surface area contributed by atoms with Crippen LogP contribution >= 0.6 is 0 Å². The highest BCUT2D eigenvalue weighted by Gasteiger charge is 2.09. The standard InChI is InChI=1S/C24H18N2/c1-26(21-8-3-2-4-9-21)25-16-20-13-12-19-11-10-17-6-5-7-18-14-15-22(20)24(19)23(17)18/h2-16H,1H3. The van der Waals surface area contributed by atoms with Crippen LogP contribution in [0.4, 0.5) is 5.69 Å². The summed E-state index contributed by atoms with van der Waals surface area (Å²) in [7, 11) is 1.97. The third-order valence-electron chi connectivity index (χ3n) is 5.06. The van der Waals surface area contributed by atoms with Gasteiger partial charge in [0.2, 0.25) is 0 Å². The van der Waals surface area contributed by atoms with E-state index in [1.165, 1.54) is 32.3 Å². The fraction of sp³-hybridized carbons (Fsp3) is 0.0417. The number of hydrogen-bond acceptors (Lipinski definition) is 2. The Morgan fingerprint density at radius 1 is 0.654 bits per heavy atom. The summed E-state index contributed by atoms with van der Waals surface area (Å²) in [6, 6.07) is 29.9. The van der Waals surface area contributed by atoms with Crippen LogP contribution in [0.2, 0.25) is 0 Å². The van der Waals surface area contributed by atoms with Crippen molar-refractivity contribution in [3.8, 4) is 0 Å². The average Bonchev–Trinajstić information content (AvgIpc) is 2.71. The zero-order valence-electron chi connectivity index (χ0n) is 14.6. The fourth-order valence-corrected chi connectivity index (χ4v) is 3.73. The number of hydrazone groups is 1. The Hall–Kier alpha value is -3.39. The van der Waals surface area contributed by atoms with Crippen molar-refractivity contribution in [2.24, 2.45) is 5.10 Å². The summed E-state index contributed by atoms with van der Waals surface area (Å²) in [5.74, 6) is 0. The molecular weight excluding hydrogens is 316 g/mol. The predicted molar refractivity (Wildman–Crippen MR) is 113 cm³/mol. The highest BCUT2D eigenvalue weighted by molar-refractivity contribution is 6.25. The second-order valence-electron chi connectivity index (χ2n) is 6.61. The van der Waals surface area contributed by atoms with Gasteiger partial charge in [-0.15, -0.1) is 0 Å². The van der Waals surface area contributed by atoms with Crippen LogP contribution in [0.25, 0.3) is 32.3 Å². The number of para-hydroxylation sites is 1. The molecule has 0 unspecified atom stereocenters. The largest absolute Gasteiger partial charge is 0.269 e. The minimum atomic E-state index is 1.07. The van der Waals surface area contributed by atoms with E-state index in [0.29, 0.717) is 0 Å². The topological polar surface area (TPSA) is 15.6 Å². The lowest BCUT2D eigenvalue weighted by atomic mass is 9.92. The Bertz CT molecular complexity index is 1220. The van der Waals surface area contributed by atoms with Crippen molar-refractivity contribution in [2.75, 3.05) is 12.1 Å². The molecule has 0 bridgehead atoms. The third kappa shape index (κ3) is 2.31. The van der Waals surface area contributed by atoms with E-state index in [9.17, 15) is 0 Å². The van der Waals surface area contributed by atoms with Gasteiger partial charge in [0.15, 0.2) is 0 Å². The van der Waals surface area contributed by atoms with E-state index in [-0.39, 0.29) is 0 Å². The van der Waals surface area contributed by atoms with Crippen LogP contribution < -0.4 is 5.01 Å². The molecule has 0 aromatic heterocycles. The molecule has 0 spiro atoms. The van der Waals surface area contributed by atoms with Crippen molar-refractivity contribution in [3.05, 3.63) is 90.5 Å². The Morgan fingerprint density at radius 3 is 2.08 bits per heavy atom. The third-order valence-corrected chi connectivity index (χ3v) is 5.06. The zero-order chi connectivity index (χ0) is 17.5. The maximum absolute atomic E-state index is 4.66. The van der Waals surface area contributed by atoms with Gasteiger partial charge in [0.1, 0.15) is 0 Å². The normalized spacial score (nSPS) is 11.9. The van der Waals surface area contributed by atoms with Gasteiger partial charge >= 0.3 is 0 Å². The first-order valence-corrected chi connectivity index (χ1v) is 8.80. The van der Waals surface area contributed by atoms with Crippen molar-refractivity contribution in [3.63, 3.8) is 0 Å². The average molecular weight is 334 g/mol. The van der Waals surface area contributed by atoms with Crippen LogP contribution in [0.3, 0.4) is 0 Å². The number of hydrogen-bond donors (Lipinski definition) is 0. The highest BCUT2D eigenvalue weighted by Crippen LogP contribution is 2.35. The molecule has 0 atom stereocenters. The number of rotatable bonds is 3. The van der Waals surface area contributed by atoms with Gasteiger partial charge in [-0.3, -0.25) is 5.01 Å². The van der Waals surface area contributed by atoms with E-state index in [1.54, 1.807) is 0 Å². The van der Waals surface area contributed by atoms with Gasteiger partial charge in [0.25, 0.3) is 0 Å². The molecule has 0 saturated carbocycles. The van der Waals surface area contributed by atoms with Crippen LogP contribution in [-0.2, 0) is 0 Å². The molecule has 0 N–H and O–H groups in total. The van der Waals surface area contributed by atoms with E-state index in [1.807, 2.05) is 36.5 Å². The smallest absolute Gasteiger partial charge is 0.0590 e. The van der Waals surface area contributed by atoms with Crippen LogP contribution in [0.5, 0.6) is 0 Å². The first-order chi connectivity index (χ1) is 12.8. The lowest BCUT2D eigenvalue weighted by molar-refractivity contribution is 1.02. The summed E-state index contributed by atoms with van der Waals surface area (Å²) in [5, 5.41) is 14.3. The maximum Gasteiger partial charge on any atom is 0.0590 e. The number of benzene rings is 5. The SMILES string of the molecule is CN(N=Cc1ccc2ccc3cccc4ccc1c2c34)c1ccccc1. The molecule has 0 saturated heterocycles. The fourth-order valence-electron chi connectivity index (χ4n) is 3.73. The Kier molecular flexibility index (Phi) is 3.36. The van der Waals surface area contributed by atoms with E-state index in [2.05, 4.69) is 71.8 Å². The van der Waals surface area contributed by atoms with Crippen molar-refractivity contribution < 1.29 is 0 Å². The first kappa shape index (κ1) is 14.9. The van der Waals surface area contributed by atoms with Crippen LogP contribution in [-0.4, -0.2) is 13.3 Å². The van der Waals surface area contributed by atoms with Gasteiger partial charge in [-0.1, -0.05) is 72.8 Å². The quantitative estimate of drug-likeness (QED) is 0.223. The molecule has 5 aromatic rings. The summed E-state index contributed by atoms with van der Waals surface area (Å²) in [4.78, 5) is 0. The number of anilines is 1. The van der Waals surface area contributed by atoms with E-state index >= 15 is 0 Å². The maximum atomic E-state index is 4.66. The van der Waals surface area contributed by atoms with Crippen LogP contribution in [0.1, 0.15) is 5.56 Å². The summed E-state index contributed by atoms with van der Waals surface area (Å²) < 4.78 is 0. The molecule has 0 aliphatic rings. The van der Waals surface area contributed by atoms with Gasteiger partial charge < -0.3 is 0 Å². The number of nitrogens with zero attached hydrogens (tertiary/aromatic N) is 2. The molecule has 2 heteroatoms. The molecule has 5 aromatic carbocycles. The summed E-state index contributed by atoms with van der Waals surface area (Å²) in [6.45, 7) is 0. The molecule has 0 heterocycles. The van der Waals surface area contributed by atoms with Gasteiger partial charge in [-0.25, -0.2) is 0 Å². The minimum absolute atomic E-state index is 1.07. The Balaban J connectivity index is 1.68. The molecule has 26 heavy (non-hydrogen) atoms. The Morgan fingerprint density at radius 2 is 1.31 bits per heavy atom. The minimum Gasteiger partial charge on any atom is -0.269 e. The van der Waals surface area contributed by atoms with E-state index < -0.39 is 0 Å². The van der Waals surface area contributed by atoms with Gasteiger partial charge in [0.05, 0.1) is 11.9 Å². The second-order valence-corrected chi connectivity index (χ2v) is 6.61. The molecule has 0 aliphatic carbocycles. The monoisotopic (exact) mass is 334 g/mol. The van der Waals surface area contributed by atoms with Crippen molar-refractivity contribution in [1.82, 2.24) is 0 Å². The predicted octanol–water partition coefficient (Wildman–Crippen LogP) is 6.05. The van der Waals surface area contributed by atoms with Crippen LogP contribution in [0, 0.1) is 0 Å². The van der Waals surface area contributed by atoms with Gasteiger partial charge in [-0.05, 0) is 44.5 Å². The van der Waals surface area contributed by atoms with Crippen molar-refractivity contribution in [1.29, 1.82) is 0 Å². The van der Waals surface area contributed by atoms with Gasteiger partial charge in [-0.2, -0.15) is 5.10 Å². The van der Waals surface area contributed by atoms with E-state index in [4.69, 9.17) is 0 Å². The summed E-state index contributed by atoms with van der Waals surface area (Å²) in [5.41, 5.74) is 2.21. The lowest BCUT2D eigenvalue weighted by Gasteiger charge is -2.14. The second kappa shape index (κ2) is 5.85. The van der Waals surface area contributed by atoms with Crippen molar-refractivity contribution >= 4 is 44.2 Å². The molecule has 0 amide bonds. The molecule has 0 fully saturated rings. The highest BCUT2D eigenvalue weighted by atomic mass is 15.4. The summed E-state index contributed by atoms with van der Waals surface area (Å²) in [6.07, 6.45) is 1.96. The molecule has 0 radical (unpaired) electrons. The molecule has 2 nitrogen and oxygen atoms in total. The first-order valence-electron chi connectivity index (χ1n) is 8.80. The molecule has 0 aliphatic heterocycles. The lowest BCUT2D eigenvalue weighted by Crippen LogP contribution is -2.08. The van der Waals surface area contributed by atoms with Crippen LogP contribution in [0.15, 0.2) is 90.0 Å². The zero-order valence-corrected chi connectivity index (χ0v) is 14.6. The van der Waals surface area contributed by atoms with Crippen molar-refractivity contribution in [2.45, 2.75) is 0 Å². The Labute approximate surface area is 152 Å². The van der Waals surface area contributed by atoms with Gasteiger partial charge in [0, 0.05) is 12.6 Å². The molecule has 124 valence electrons. The summed E-state index contributed by atoms with van der Waals surface area (Å²) >= 11 is 0. The molecular formula is C24H18N2.